The van der Waals surface area contributed by atoms with Crippen molar-refractivity contribution in [3.8, 4) is 0 Å². The first kappa shape index (κ1) is 9.06. The van der Waals surface area contributed by atoms with E-state index < -0.39 is 5.92 Å². The quantitative estimate of drug-likeness (QED) is 0.742. The molecule has 2 rings (SSSR count). The molecule has 0 aromatic carbocycles. The summed E-state index contributed by atoms with van der Waals surface area (Å²) in [5.41, 5.74) is 0.758. The van der Waals surface area contributed by atoms with Crippen molar-refractivity contribution >= 4 is 15.9 Å². The Bertz CT molecular complexity index is 319. The molecular formula is C9H8BrF2N. The maximum atomic E-state index is 12.6. The van der Waals surface area contributed by atoms with Crippen LogP contribution in [0.1, 0.15) is 24.5 Å². The predicted octanol–water partition coefficient (Wildman–Crippen LogP) is 3.36. The molecule has 1 aromatic rings. The highest BCUT2D eigenvalue weighted by Gasteiger charge is 2.46. The van der Waals surface area contributed by atoms with E-state index in [-0.39, 0.29) is 18.8 Å². The highest BCUT2D eigenvalue weighted by Crippen LogP contribution is 2.48. The first-order valence-electron chi connectivity index (χ1n) is 4.07. The van der Waals surface area contributed by atoms with Crippen molar-refractivity contribution in [3.63, 3.8) is 0 Å². The fraction of sp³-hybridized carbons (Fsp3) is 0.444. The van der Waals surface area contributed by atoms with Gasteiger partial charge in [-0.15, -0.1) is 0 Å². The minimum absolute atomic E-state index is 0.0669. The van der Waals surface area contributed by atoms with Crippen LogP contribution in [-0.2, 0) is 0 Å². The number of hydrogen-bond acceptors (Lipinski definition) is 1. The molecule has 0 unspecified atom stereocenters. The summed E-state index contributed by atoms with van der Waals surface area (Å²) >= 11 is 3.30. The van der Waals surface area contributed by atoms with Crippen LogP contribution in [-0.4, -0.2) is 10.9 Å². The zero-order chi connectivity index (χ0) is 9.47. The molecule has 1 nitrogen and oxygen atoms in total. The number of alkyl halides is 2. The molecule has 13 heavy (non-hydrogen) atoms. The minimum Gasteiger partial charge on any atom is -0.260 e. The lowest BCUT2D eigenvalue weighted by atomic mass is 9.79. The van der Waals surface area contributed by atoms with Gasteiger partial charge >= 0.3 is 0 Å². The van der Waals surface area contributed by atoms with Gasteiger partial charge in [0.25, 0.3) is 0 Å². The Hall–Kier alpha value is -0.510. The molecule has 1 aromatic heterocycles. The topological polar surface area (TPSA) is 12.9 Å². The average Bonchev–Trinajstić information content (AvgIpc) is 2.01. The van der Waals surface area contributed by atoms with E-state index in [1.165, 1.54) is 0 Å². The normalized spacial score (nSPS) is 21.2. The Kier molecular flexibility index (Phi) is 2.10. The van der Waals surface area contributed by atoms with Crippen LogP contribution in [0.25, 0.3) is 0 Å². The summed E-state index contributed by atoms with van der Waals surface area (Å²) in [6.07, 6.45) is 1.50. The smallest absolute Gasteiger partial charge is 0.249 e. The lowest BCUT2D eigenvalue weighted by molar-refractivity contribution is -0.0877. The van der Waals surface area contributed by atoms with Gasteiger partial charge in [-0.05, 0) is 28.1 Å². The Morgan fingerprint density at radius 2 is 2.15 bits per heavy atom. The summed E-state index contributed by atoms with van der Waals surface area (Å²) in [7, 11) is 0. The van der Waals surface area contributed by atoms with Crippen molar-refractivity contribution in [2.24, 2.45) is 0 Å². The highest BCUT2D eigenvalue weighted by molar-refractivity contribution is 9.10. The molecule has 0 aliphatic heterocycles. The third-order valence-corrected chi connectivity index (χ3v) is 2.93. The molecule has 70 valence electrons. The molecule has 0 bridgehead atoms. The molecule has 0 saturated heterocycles. The number of nitrogens with zero attached hydrogens (tertiary/aromatic N) is 1. The van der Waals surface area contributed by atoms with Crippen LogP contribution in [0.4, 0.5) is 8.78 Å². The molecule has 0 radical (unpaired) electrons. The Morgan fingerprint density at radius 1 is 1.46 bits per heavy atom. The fourth-order valence-electron chi connectivity index (χ4n) is 1.55. The van der Waals surface area contributed by atoms with Gasteiger partial charge in [0.1, 0.15) is 0 Å². The second-order valence-corrected chi connectivity index (χ2v) is 4.19. The van der Waals surface area contributed by atoms with Gasteiger partial charge in [-0.1, -0.05) is 0 Å². The monoisotopic (exact) mass is 247 g/mol. The first-order valence-corrected chi connectivity index (χ1v) is 4.86. The molecule has 0 N–H and O–H groups in total. The second-order valence-electron chi connectivity index (χ2n) is 3.33. The molecule has 4 heteroatoms. The molecule has 1 saturated carbocycles. The van der Waals surface area contributed by atoms with E-state index in [0.29, 0.717) is 0 Å². The molecule has 1 aliphatic rings. The van der Waals surface area contributed by atoms with Crippen molar-refractivity contribution in [3.05, 3.63) is 28.5 Å². The van der Waals surface area contributed by atoms with Gasteiger partial charge in [0.15, 0.2) is 0 Å². The number of halogens is 3. The molecular weight excluding hydrogens is 240 g/mol. The van der Waals surface area contributed by atoms with Crippen molar-refractivity contribution in [2.45, 2.75) is 24.7 Å². The van der Waals surface area contributed by atoms with Crippen LogP contribution < -0.4 is 0 Å². The lowest BCUT2D eigenvalue weighted by Crippen LogP contribution is -2.34. The van der Waals surface area contributed by atoms with Gasteiger partial charge in [-0.25, -0.2) is 8.78 Å². The van der Waals surface area contributed by atoms with E-state index in [2.05, 4.69) is 20.9 Å². The molecule has 1 aliphatic carbocycles. The van der Waals surface area contributed by atoms with Gasteiger partial charge in [0.05, 0.1) is 5.69 Å². The molecule has 1 fully saturated rings. The molecule has 1 heterocycles. The lowest BCUT2D eigenvalue weighted by Gasteiger charge is -2.34. The van der Waals surface area contributed by atoms with Crippen LogP contribution in [0, 0.1) is 0 Å². The van der Waals surface area contributed by atoms with E-state index in [9.17, 15) is 8.78 Å². The van der Waals surface area contributed by atoms with Gasteiger partial charge in [-0.2, -0.15) is 0 Å². The zero-order valence-electron chi connectivity index (χ0n) is 6.80. The molecule has 0 spiro atoms. The van der Waals surface area contributed by atoms with Crippen LogP contribution >= 0.6 is 15.9 Å². The average molecular weight is 248 g/mol. The molecule has 0 atom stereocenters. The van der Waals surface area contributed by atoms with Crippen LogP contribution in [0.3, 0.4) is 0 Å². The van der Waals surface area contributed by atoms with E-state index in [1.54, 1.807) is 12.3 Å². The second kappa shape index (κ2) is 3.01. The van der Waals surface area contributed by atoms with Gasteiger partial charge in [0.2, 0.25) is 5.92 Å². The predicted molar refractivity (Wildman–Crippen MR) is 48.9 cm³/mol. The highest BCUT2D eigenvalue weighted by atomic mass is 79.9. The Morgan fingerprint density at radius 3 is 2.69 bits per heavy atom. The first-order chi connectivity index (χ1) is 6.08. The summed E-state index contributed by atoms with van der Waals surface area (Å²) in [6.45, 7) is 0. The number of pyridine rings is 1. The number of hydrogen-bond donors (Lipinski definition) is 0. The van der Waals surface area contributed by atoms with Gasteiger partial charge in [-0.3, -0.25) is 4.98 Å². The Labute approximate surface area is 83.3 Å². The van der Waals surface area contributed by atoms with Crippen LogP contribution in [0.2, 0.25) is 0 Å². The van der Waals surface area contributed by atoms with E-state index in [4.69, 9.17) is 0 Å². The van der Waals surface area contributed by atoms with Crippen molar-refractivity contribution in [2.75, 3.05) is 0 Å². The summed E-state index contributed by atoms with van der Waals surface area (Å²) in [5, 5.41) is 0. The maximum absolute atomic E-state index is 12.6. The van der Waals surface area contributed by atoms with Crippen molar-refractivity contribution in [1.29, 1.82) is 0 Å². The van der Waals surface area contributed by atoms with Gasteiger partial charge < -0.3 is 0 Å². The van der Waals surface area contributed by atoms with E-state index in [1.807, 2.05) is 6.07 Å². The SMILES string of the molecule is FC1(F)CC(c2ncccc2Br)C1. The van der Waals surface area contributed by atoms with Crippen LogP contribution in [0.15, 0.2) is 22.8 Å². The summed E-state index contributed by atoms with van der Waals surface area (Å²) in [5.74, 6) is -2.55. The standard InChI is InChI=1S/C9H8BrF2N/c10-7-2-1-3-13-8(7)6-4-9(11,12)5-6/h1-3,6H,4-5H2. The van der Waals surface area contributed by atoms with Crippen LogP contribution in [0.5, 0.6) is 0 Å². The minimum atomic E-state index is -2.47. The van der Waals surface area contributed by atoms with Crippen molar-refractivity contribution in [1.82, 2.24) is 4.98 Å². The van der Waals surface area contributed by atoms with E-state index >= 15 is 0 Å². The number of aromatic nitrogens is 1. The Balaban J connectivity index is 2.16. The summed E-state index contributed by atoms with van der Waals surface area (Å²) < 4.78 is 26.0. The largest absolute Gasteiger partial charge is 0.260 e. The summed E-state index contributed by atoms with van der Waals surface area (Å²) in [6, 6.07) is 3.61. The summed E-state index contributed by atoms with van der Waals surface area (Å²) in [4.78, 5) is 4.09. The third kappa shape index (κ3) is 1.73. The van der Waals surface area contributed by atoms with Gasteiger partial charge in [0, 0.05) is 29.4 Å². The zero-order valence-corrected chi connectivity index (χ0v) is 8.39. The third-order valence-electron chi connectivity index (χ3n) is 2.26. The van der Waals surface area contributed by atoms with Crippen molar-refractivity contribution < 1.29 is 8.78 Å². The fourth-order valence-corrected chi connectivity index (χ4v) is 2.13. The number of rotatable bonds is 1. The maximum Gasteiger partial charge on any atom is 0.249 e. The molecule has 0 amide bonds. The van der Waals surface area contributed by atoms with E-state index in [0.717, 1.165) is 10.2 Å².